The minimum absolute atomic E-state index is 0.00981. The van der Waals surface area contributed by atoms with Gasteiger partial charge in [0, 0.05) is 24.0 Å². The molecule has 2 fully saturated rings. The molecular formula is C15H17ClFNO3S. The van der Waals surface area contributed by atoms with Crippen LogP contribution in [-0.4, -0.2) is 40.8 Å². The molecule has 2 N–H and O–H groups in total. The summed E-state index contributed by atoms with van der Waals surface area (Å²) in [6.07, 6.45) is 2.52. The average Bonchev–Trinajstić information content (AvgIpc) is 2.92. The van der Waals surface area contributed by atoms with Crippen molar-refractivity contribution in [1.82, 2.24) is 5.32 Å². The van der Waals surface area contributed by atoms with Crippen LogP contribution in [0, 0.1) is 5.82 Å². The van der Waals surface area contributed by atoms with E-state index in [1.807, 2.05) is 11.8 Å². The van der Waals surface area contributed by atoms with Gasteiger partial charge in [0.1, 0.15) is 0 Å². The van der Waals surface area contributed by atoms with E-state index in [1.165, 1.54) is 6.07 Å². The van der Waals surface area contributed by atoms with Crippen LogP contribution in [0.4, 0.5) is 4.39 Å². The summed E-state index contributed by atoms with van der Waals surface area (Å²) < 4.78 is 19.4. The summed E-state index contributed by atoms with van der Waals surface area (Å²) in [4.78, 5) is 12.3. The fourth-order valence-electron chi connectivity index (χ4n) is 2.98. The Labute approximate surface area is 137 Å². The van der Waals surface area contributed by atoms with Gasteiger partial charge >= 0.3 is 0 Å². The van der Waals surface area contributed by atoms with Gasteiger partial charge in [-0.3, -0.25) is 4.79 Å². The van der Waals surface area contributed by atoms with Gasteiger partial charge in [-0.1, -0.05) is 11.6 Å². The molecule has 0 aromatic heterocycles. The second-order valence-electron chi connectivity index (χ2n) is 5.79. The molecule has 120 valence electrons. The number of rotatable bonds is 2. The number of halogens is 2. The molecule has 1 amide bonds. The lowest BCUT2D eigenvalue weighted by Crippen LogP contribution is -2.48. The van der Waals surface area contributed by atoms with Crippen LogP contribution in [0.15, 0.2) is 12.1 Å². The summed E-state index contributed by atoms with van der Waals surface area (Å²) in [5.41, 5.74) is -0.0136. The lowest BCUT2D eigenvalue weighted by molar-refractivity contribution is -0.0688. The SMILES string of the molecule is O=C(N[C@@H]1CCO[C@]2(CCSC2)C1)c1cc(F)c(O)c(Cl)c1. The Hall–Kier alpha value is -0.980. The molecule has 1 spiro atoms. The minimum atomic E-state index is -0.895. The number of nitrogens with one attached hydrogen (secondary N) is 1. The summed E-state index contributed by atoms with van der Waals surface area (Å²) in [6.45, 7) is 0.621. The highest BCUT2D eigenvalue weighted by atomic mass is 35.5. The third-order valence-electron chi connectivity index (χ3n) is 4.17. The van der Waals surface area contributed by atoms with Gasteiger partial charge in [0.15, 0.2) is 11.6 Å². The number of carbonyl (C=O) groups is 1. The molecule has 0 aliphatic carbocycles. The highest BCUT2D eigenvalue weighted by Crippen LogP contribution is 2.38. The molecule has 7 heteroatoms. The van der Waals surface area contributed by atoms with E-state index in [-0.39, 0.29) is 28.1 Å². The van der Waals surface area contributed by atoms with Crippen LogP contribution in [0.5, 0.6) is 5.75 Å². The molecule has 0 bridgehead atoms. The average molecular weight is 346 g/mol. The monoisotopic (exact) mass is 345 g/mol. The molecule has 0 radical (unpaired) electrons. The summed E-state index contributed by atoms with van der Waals surface area (Å²) >= 11 is 7.58. The number of aromatic hydroxyl groups is 1. The largest absolute Gasteiger partial charge is 0.504 e. The second-order valence-corrected chi connectivity index (χ2v) is 7.30. The number of thioether (sulfide) groups is 1. The quantitative estimate of drug-likeness (QED) is 0.865. The molecule has 2 atom stereocenters. The molecule has 0 saturated carbocycles. The zero-order valence-electron chi connectivity index (χ0n) is 11.9. The van der Waals surface area contributed by atoms with Crippen LogP contribution >= 0.6 is 23.4 Å². The van der Waals surface area contributed by atoms with Gasteiger partial charge < -0.3 is 15.2 Å². The molecule has 2 aliphatic rings. The van der Waals surface area contributed by atoms with Gasteiger partial charge in [0.25, 0.3) is 5.91 Å². The molecule has 4 nitrogen and oxygen atoms in total. The van der Waals surface area contributed by atoms with E-state index in [0.717, 1.165) is 36.8 Å². The van der Waals surface area contributed by atoms with Crippen LogP contribution < -0.4 is 5.32 Å². The van der Waals surface area contributed by atoms with Gasteiger partial charge in [-0.15, -0.1) is 0 Å². The van der Waals surface area contributed by atoms with E-state index in [2.05, 4.69) is 5.32 Å². The molecule has 2 heterocycles. The predicted molar refractivity (Wildman–Crippen MR) is 84.2 cm³/mol. The smallest absolute Gasteiger partial charge is 0.251 e. The maximum Gasteiger partial charge on any atom is 0.251 e. The molecule has 3 rings (SSSR count). The Kier molecular flexibility index (Phi) is 4.52. The first-order valence-corrected chi connectivity index (χ1v) is 8.73. The number of amides is 1. The minimum Gasteiger partial charge on any atom is -0.504 e. The summed E-state index contributed by atoms with van der Waals surface area (Å²) in [7, 11) is 0. The summed E-state index contributed by atoms with van der Waals surface area (Å²) in [6, 6.07) is 2.28. The first-order chi connectivity index (χ1) is 10.5. The third kappa shape index (κ3) is 3.19. The van der Waals surface area contributed by atoms with Crippen molar-refractivity contribution in [3.63, 3.8) is 0 Å². The van der Waals surface area contributed by atoms with Gasteiger partial charge in [-0.05, 0) is 37.1 Å². The molecule has 0 unspecified atom stereocenters. The van der Waals surface area contributed by atoms with E-state index >= 15 is 0 Å². The normalized spacial score (nSPS) is 28.0. The van der Waals surface area contributed by atoms with Crippen molar-refractivity contribution in [2.24, 2.45) is 0 Å². The van der Waals surface area contributed by atoms with Gasteiger partial charge in [0.05, 0.1) is 10.6 Å². The predicted octanol–water partition coefficient (Wildman–Crippen LogP) is 2.97. The standard InChI is InChI=1S/C15H17ClFNO3S/c16-11-5-9(6-12(17)13(11)19)14(20)18-10-1-3-21-15(7-10)2-4-22-8-15/h5-6,10,19H,1-4,7-8H2,(H,18,20)/t10-,15-/m1/s1. The Bertz CT molecular complexity index is 569. The summed E-state index contributed by atoms with van der Waals surface area (Å²) in [5, 5.41) is 12.1. The van der Waals surface area contributed by atoms with E-state index < -0.39 is 11.6 Å². The van der Waals surface area contributed by atoms with Crippen molar-refractivity contribution in [3.8, 4) is 5.75 Å². The van der Waals surface area contributed by atoms with Crippen molar-refractivity contribution in [3.05, 3.63) is 28.5 Å². The van der Waals surface area contributed by atoms with Crippen molar-refractivity contribution < 1.29 is 19.0 Å². The van der Waals surface area contributed by atoms with E-state index in [1.54, 1.807) is 0 Å². The lowest BCUT2D eigenvalue weighted by Gasteiger charge is -2.38. The molecule has 1 aromatic rings. The highest BCUT2D eigenvalue weighted by molar-refractivity contribution is 7.99. The molecular weight excluding hydrogens is 329 g/mol. The number of ether oxygens (including phenoxy) is 1. The zero-order valence-corrected chi connectivity index (χ0v) is 13.5. The Morgan fingerprint density at radius 2 is 2.36 bits per heavy atom. The van der Waals surface area contributed by atoms with Crippen molar-refractivity contribution >= 4 is 29.3 Å². The van der Waals surface area contributed by atoms with Gasteiger partial charge in [-0.25, -0.2) is 4.39 Å². The number of hydrogen-bond acceptors (Lipinski definition) is 4. The zero-order chi connectivity index (χ0) is 15.7. The number of benzene rings is 1. The molecule has 1 aromatic carbocycles. The topological polar surface area (TPSA) is 58.6 Å². The fourth-order valence-corrected chi connectivity index (χ4v) is 4.57. The molecule has 2 saturated heterocycles. The maximum absolute atomic E-state index is 13.5. The van der Waals surface area contributed by atoms with Crippen LogP contribution in [0.1, 0.15) is 29.6 Å². The van der Waals surface area contributed by atoms with Crippen molar-refractivity contribution in [1.29, 1.82) is 0 Å². The maximum atomic E-state index is 13.5. The van der Waals surface area contributed by atoms with E-state index in [9.17, 15) is 14.3 Å². The highest BCUT2D eigenvalue weighted by Gasteiger charge is 2.40. The Balaban J connectivity index is 1.69. The second kappa shape index (κ2) is 6.26. The third-order valence-corrected chi connectivity index (χ3v) is 5.69. The Morgan fingerprint density at radius 3 is 3.05 bits per heavy atom. The number of carbonyl (C=O) groups excluding carboxylic acids is 1. The van der Waals surface area contributed by atoms with Gasteiger partial charge in [0.2, 0.25) is 0 Å². The fraction of sp³-hybridized carbons (Fsp3) is 0.533. The van der Waals surface area contributed by atoms with Crippen molar-refractivity contribution in [2.75, 3.05) is 18.1 Å². The van der Waals surface area contributed by atoms with Crippen LogP contribution in [0.3, 0.4) is 0 Å². The number of phenolic OH excluding ortho intramolecular Hbond substituents is 1. The first kappa shape index (κ1) is 15.9. The van der Waals surface area contributed by atoms with Crippen LogP contribution in [-0.2, 0) is 4.74 Å². The number of hydrogen-bond donors (Lipinski definition) is 2. The lowest BCUT2D eigenvalue weighted by atomic mass is 9.89. The Morgan fingerprint density at radius 1 is 1.55 bits per heavy atom. The van der Waals surface area contributed by atoms with Crippen LogP contribution in [0.2, 0.25) is 5.02 Å². The van der Waals surface area contributed by atoms with Crippen LogP contribution in [0.25, 0.3) is 0 Å². The summed E-state index contributed by atoms with van der Waals surface area (Å²) in [5.74, 6) is 0.131. The number of phenols is 1. The molecule has 2 aliphatic heterocycles. The van der Waals surface area contributed by atoms with E-state index in [0.29, 0.717) is 6.61 Å². The van der Waals surface area contributed by atoms with Gasteiger partial charge in [-0.2, -0.15) is 11.8 Å². The van der Waals surface area contributed by atoms with Crippen molar-refractivity contribution in [2.45, 2.75) is 30.9 Å². The molecule has 22 heavy (non-hydrogen) atoms. The first-order valence-electron chi connectivity index (χ1n) is 7.20. The van der Waals surface area contributed by atoms with E-state index in [4.69, 9.17) is 16.3 Å².